The van der Waals surface area contributed by atoms with Crippen LogP contribution in [0.1, 0.15) is 24.3 Å². The number of fused-ring (bicyclic) bond motifs is 1. The van der Waals surface area contributed by atoms with Crippen molar-refractivity contribution in [3.63, 3.8) is 0 Å². The van der Waals surface area contributed by atoms with Crippen molar-refractivity contribution in [2.45, 2.75) is 23.7 Å². The Hall–Kier alpha value is -3.53. The minimum Gasteiger partial charge on any atom is -0.340 e. The first-order valence-electron chi connectivity index (χ1n) is 12.0. The van der Waals surface area contributed by atoms with E-state index in [1.807, 2.05) is 24.3 Å². The van der Waals surface area contributed by atoms with E-state index in [9.17, 15) is 13.2 Å². The first-order chi connectivity index (χ1) is 17.3. The molecule has 3 N–H and O–H groups in total. The largest absolute Gasteiger partial charge is 0.340 e. The van der Waals surface area contributed by atoms with Gasteiger partial charge >= 0.3 is 0 Å². The minimum atomic E-state index is -3.53. The molecular formula is C27H29N5O3S. The Bertz CT molecular complexity index is 1540. The van der Waals surface area contributed by atoms with Gasteiger partial charge in [0.1, 0.15) is 5.82 Å². The summed E-state index contributed by atoms with van der Waals surface area (Å²) >= 11 is 0. The summed E-state index contributed by atoms with van der Waals surface area (Å²) in [6.07, 6.45) is 3.87. The molecule has 0 unspecified atom stereocenters. The van der Waals surface area contributed by atoms with Gasteiger partial charge in [0.15, 0.2) is 0 Å². The molecule has 2 aromatic heterocycles. The molecule has 8 nitrogen and oxygen atoms in total. The Kier molecular flexibility index (Phi) is 6.61. The SMILES string of the molecule is CN(C)S(=O)(=O)c1ccc(-c2cc3cc[nH]c(=O)c3c(Nc3ccc(C4CCNCC4)cc3)n2)cc1. The highest BCUT2D eigenvalue weighted by molar-refractivity contribution is 7.89. The van der Waals surface area contributed by atoms with E-state index in [1.165, 1.54) is 24.0 Å². The zero-order chi connectivity index (χ0) is 25.3. The van der Waals surface area contributed by atoms with Gasteiger partial charge in [-0.25, -0.2) is 17.7 Å². The molecule has 1 aliphatic rings. The van der Waals surface area contributed by atoms with Crippen molar-refractivity contribution < 1.29 is 8.42 Å². The average Bonchev–Trinajstić information content (AvgIpc) is 2.89. The van der Waals surface area contributed by atoms with Crippen LogP contribution in [0.2, 0.25) is 0 Å². The second-order valence-electron chi connectivity index (χ2n) is 9.21. The lowest BCUT2D eigenvalue weighted by atomic mass is 9.90. The van der Waals surface area contributed by atoms with Crippen molar-refractivity contribution >= 4 is 32.3 Å². The van der Waals surface area contributed by atoms with Gasteiger partial charge in [0.05, 0.1) is 16.0 Å². The monoisotopic (exact) mass is 503 g/mol. The van der Waals surface area contributed by atoms with Crippen molar-refractivity contribution in [3.8, 4) is 11.3 Å². The standard InChI is InChI=1S/C27H29N5O3S/c1-32(2)36(34,35)23-9-5-20(6-10-23)24-17-21-13-16-29-27(33)25(21)26(31-24)30-22-7-3-18(4-8-22)19-11-14-28-15-12-19/h3-10,13,16-17,19,28H,11-12,14-15H2,1-2H3,(H,29,33)(H,30,31). The highest BCUT2D eigenvalue weighted by Crippen LogP contribution is 2.30. The van der Waals surface area contributed by atoms with Gasteiger partial charge in [-0.2, -0.15) is 0 Å². The van der Waals surface area contributed by atoms with Crippen LogP contribution in [-0.2, 0) is 10.0 Å². The van der Waals surface area contributed by atoms with E-state index in [2.05, 4.69) is 27.8 Å². The summed E-state index contributed by atoms with van der Waals surface area (Å²) in [6, 6.07) is 18.6. The highest BCUT2D eigenvalue weighted by atomic mass is 32.2. The van der Waals surface area contributed by atoms with Gasteiger partial charge in [-0.05, 0) is 79.2 Å². The molecule has 3 heterocycles. The molecule has 4 aromatic rings. The third kappa shape index (κ3) is 4.77. The number of sulfonamides is 1. The molecule has 0 amide bonds. The molecule has 2 aromatic carbocycles. The van der Waals surface area contributed by atoms with Crippen molar-refractivity contribution in [1.29, 1.82) is 0 Å². The maximum atomic E-state index is 12.7. The fourth-order valence-corrected chi connectivity index (χ4v) is 5.49. The Morgan fingerprint density at radius 2 is 1.67 bits per heavy atom. The van der Waals surface area contributed by atoms with E-state index in [4.69, 9.17) is 4.98 Å². The molecule has 0 bridgehead atoms. The van der Waals surface area contributed by atoms with Gasteiger partial charge in [-0.1, -0.05) is 24.3 Å². The molecule has 186 valence electrons. The Balaban J connectivity index is 1.50. The summed E-state index contributed by atoms with van der Waals surface area (Å²) in [5.74, 6) is 1.01. The van der Waals surface area contributed by atoms with Crippen molar-refractivity contribution in [3.05, 3.63) is 82.8 Å². The number of aromatic amines is 1. The number of hydrogen-bond donors (Lipinski definition) is 3. The summed E-state index contributed by atoms with van der Waals surface area (Å²) in [7, 11) is -0.520. The smallest absolute Gasteiger partial charge is 0.259 e. The van der Waals surface area contributed by atoms with Crippen LogP contribution >= 0.6 is 0 Å². The Morgan fingerprint density at radius 1 is 0.972 bits per heavy atom. The number of benzene rings is 2. The lowest BCUT2D eigenvalue weighted by Gasteiger charge is -2.23. The average molecular weight is 504 g/mol. The van der Waals surface area contributed by atoms with Gasteiger partial charge in [-0.15, -0.1) is 0 Å². The van der Waals surface area contributed by atoms with E-state index in [0.29, 0.717) is 22.8 Å². The maximum Gasteiger partial charge on any atom is 0.259 e. The lowest BCUT2D eigenvalue weighted by molar-refractivity contribution is 0.460. The summed E-state index contributed by atoms with van der Waals surface area (Å²) in [5, 5.41) is 7.94. The van der Waals surface area contributed by atoms with Gasteiger partial charge in [0, 0.05) is 31.5 Å². The summed E-state index contributed by atoms with van der Waals surface area (Å²) in [5.41, 5.74) is 3.32. The third-order valence-electron chi connectivity index (χ3n) is 6.67. The van der Waals surface area contributed by atoms with E-state index in [0.717, 1.165) is 42.6 Å². The van der Waals surface area contributed by atoms with Gasteiger partial charge in [0.2, 0.25) is 10.0 Å². The second kappa shape index (κ2) is 9.85. The van der Waals surface area contributed by atoms with E-state index in [1.54, 1.807) is 30.5 Å². The number of rotatable bonds is 6. The maximum absolute atomic E-state index is 12.7. The van der Waals surface area contributed by atoms with Crippen LogP contribution in [0.5, 0.6) is 0 Å². The number of H-pyrrole nitrogens is 1. The van der Waals surface area contributed by atoms with Crippen LogP contribution in [0.3, 0.4) is 0 Å². The number of pyridine rings is 2. The highest BCUT2D eigenvalue weighted by Gasteiger charge is 2.18. The predicted octanol–water partition coefficient (Wildman–Crippen LogP) is 4.05. The molecule has 1 aliphatic heterocycles. The molecule has 0 spiro atoms. The molecule has 5 rings (SSSR count). The van der Waals surface area contributed by atoms with Crippen molar-refractivity contribution in [2.24, 2.45) is 0 Å². The zero-order valence-electron chi connectivity index (χ0n) is 20.3. The number of piperidine rings is 1. The lowest BCUT2D eigenvalue weighted by Crippen LogP contribution is -2.26. The van der Waals surface area contributed by atoms with E-state index in [-0.39, 0.29) is 10.5 Å². The van der Waals surface area contributed by atoms with Crippen LogP contribution in [0.4, 0.5) is 11.5 Å². The number of anilines is 2. The number of aromatic nitrogens is 2. The first kappa shape index (κ1) is 24.2. The number of hydrogen-bond acceptors (Lipinski definition) is 6. The molecule has 0 atom stereocenters. The molecule has 1 saturated heterocycles. The Labute approximate surface area is 210 Å². The molecular weight excluding hydrogens is 474 g/mol. The molecule has 0 radical (unpaired) electrons. The van der Waals surface area contributed by atoms with Crippen LogP contribution in [-0.4, -0.2) is 49.9 Å². The van der Waals surface area contributed by atoms with Gasteiger partial charge < -0.3 is 15.6 Å². The van der Waals surface area contributed by atoms with Crippen LogP contribution in [0, 0.1) is 0 Å². The van der Waals surface area contributed by atoms with E-state index < -0.39 is 10.0 Å². The quantitative estimate of drug-likeness (QED) is 0.366. The van der Waals surface area contributed by atoms with Crippen LogP contribution < -0.4 is 16.2 Å². The second-order valence-corrected chi connectivity index (χ2v) is 11.4. The first-order valence-corrected chi connectivity index (χ1v) is 13.4. The molecule has 36 heavy (non-hydrogen) atoms. The normalized spacial score (nSPS) is 14.9. The van der Waals surface area contributed by atoms with Crippen molar-refractivity contribution in [1.82, 2.24) is 19.6 Å². The molecule has 0 saturated carbocycles. The summed E-state index contributed by atoms with van der Waals surface area (Å²) < 4.78 is 26.0. The van der Waals surface area contributed by atoms with E-state index >= 15 is 0 Å². The molecule has 9 heteroatoms. The Morgan fingerprint density at radius 3 is 2.33 bits per heavy atom. The van der Waals surface area contributed by atoms with Gasteiger partial charge in [-0.3, -0.25) is 4.79 Å². The number of nitrogens with one attached hydrogen (secondary N) is 3. The molecule has 1 fully saturated rings. The topological polar surface area (TPSA) is 107 Å². The number of nitrogens with zero attached hydrogens (tertiary/aromatic N) is 2. The third-order valence-corrected chi connectivity index (χ3v) is 8.50. The fraction of sp³-hybridized carbons (Fsp3) is 0.259. The summed E-state index contributed by atoms with van der Waals surface area (Å²) in [4.78, 5) is 20.4. The minimum absolute atomic E-state index is 0.209. The zero-order valence-corrected chi connectivity index (χ0v) is 21.1. The van der Waals surface area contributed by atoms with Crippen LogP contribution in [0.15, 0.2) is 76.6 Å². The van der Waals surface area contributed by atoms with Crippen LogP contribution in [0.25, 0.3) is 22.0 Å². The molecule has 0 aliphatic carbocycles. The summed E-state index contributed by atoms with van der Waals surface area (Å²) in [6.45, 7) is 2.08. The van der Waals surface area contributed by atoms with Gasteiger partial charge in [0.25, 0.3) is 5.56 Å². The van der Waals surface area contributed by atoms with Crippen molar-refractivity contribution in [2.75, 3.05) is 32.5 Å². The predicted molar refractivity (Wildman–Crippen MR) is 143 cm³/mol. The fourth-order valence-electron chi connectivity index (χ4n) is 4.59.